The quantitative estimate of drug-likeness (QED) is 0.837. The van der Waals surface area contributed by atoms with Crippen LogP contribution in [-0.2, 0) is 0 Å². The van der Waals surface area contributed by atoms with Crippen LogP contribution in [0.4, 0.5) is 0 Å². The van der Waals surface area contributed by atoms with E-state index in [2.05, 4.69) is 11.8 Å². The Morgan fingerprint density at radius 2 is 2.14 bits per heavy atom. The van der Waals surface area contributed by atoms with E-state index in [4.69, 9.17) is 9.84 Å². The average molecular weight is 291 g/mol. The molecule has 1 saturated heterocycles. The molecule has 1 heterocycles. The highest BCUT2D eigenvalue weighted by Gasteiger charge is 2.18. The normalized spacial score (nSPS) is 16.8. The molecular weight excluding hydrogens is 266 g/mol. The van der Waals surface area contributed by atoms with Crippen molar-refractivity contribution in [2.24, 2.45) is 5.92 Å². The molecule has 1 aromatic rings. The Kier molecular flexibility index (Phi) is 6.05. The van der Waals surface area contributed by atoms with Crippen LogP contribution in [0.25, 0.3) is 0 Å². The van der Waals surface area contributed by atoms with Crippen LogP contribution in [0.3, 0.4) is 0 Å². The minimum absolute atomic E-state index is 0.271. The molecule has 0 aromatic heterocycles. The van der Waals surface area contributed by atoms with Crippen LogP contribution < -0.4 is 4.74 Å². The van der Waals surface area contributed by atoms with Gasteiger partial charge in [-0.3, -0.25) is 4.90 Å². The largest absolute Gasteiger partial charge is 0.492 e. The molecule has 1 aliphatic heterocycles. The Morgan fingerprint density at radius 1 is 1.38 bits per heavy atom. The van der Waals surface area contributed by atoms with Crippen molar-refractivity contribution in [3.63, 3.8) is 0 Å². The molecule has 0 bridgehead atoms. The summed E-state index contributed by atoms with van der Waals surface area (Å²) in [4.78, 5) is 13.3. The summed E-state index contributed by atoms with van der Waals surface area (Å²) in [6.45, 7) is 6.09. The van der Waals surface area contributed by atoms with Gasteiger partial charge in [0.2, 0.25) is 0 Å². The van der Waals surface area contributed by atoms with Gasteiger partial charge in [-0.2, -0.15) is 0 Å². The van der Waals surface area contributed by atoms with Gasteiger partial charge in [-0.15, -0.1) is 0 Å². The highest BCUT2D eigenvalue weighted by Crippen LogP contribution is 2.21. The molecule has 0 atom stereocenters. The Labute approximate surface area is 126 Å². The molecule has 0 radical (unpaired) electrons. The van der Waals surface area contributed by atoms with Crippen LogP contribution in [0, 0.1) is 5.92 Å². The summed E-state index contributed by atoms with van der Waals surface area (Å²) in [6.07, 6.45) is 5.23. The van der Waals surface area contributed by atoms with E-state index in [1.165, 1.54) is 25.7 Å². The first kappa shape index (κ1) is 15.8. The smallest absolute Gasteiger partial charge is 0.335 e. The predicted octanol–water partition coefficient (Wildman–Crippen LogP) is 3.28. The number of aromatic carboxylic acids is 1. The monoisotopic (exact) mass is 291 g/mol. The van der Waals surface area contributed by atoms with Crippen molar-refractivity contribution in [2.75, 3.05) is 26.2 Å². The molecule has 0 saturated carbocycles. The van der Waals surface area contributed by atoms with E-state index >= 15 is 0 Å². The Balaban J connectivity index is 1.70. The van der Waals surface area contributed by atoms with Crippen LogP contribution in [-0.4, -0.2) is 42.2 Å². The molecular formula is C17H25NO3. The van der Waals surface area contributed by atoms with E-state index in [0.29, 0.717) is 12.4 Å². The molecule has 0 unspecified atom stereocenters. The molecule has 4 heteroatoms. The second-order valence-corrected chi connectivity index (χ2v) is 5.76. The molecule has 0 spiro atoms. The summed E-state index contributed by atoms with van der Waals surface area (Å²) in [5.41, 5.74) is 0.271. The van der Waals surface area contributed by atoms with Gasteiger partial charge >= 0.3 is 5.97 Å². The highest BCUT2D eigenvalue weighted by molar-refractivity contribution is 5.87. The zero-order valence-electron chi connectivity index (χ0n) is 12.8. The van der Waals surface area contributed by atoms with Crippen molar-refractivity contribution >= 4 is 5.97 Å². The lowest BCUT2D eigenvalue weighted by Gasteiger charge is -2.31. The molecule has 116 valence electrons. The topological polar surface area (TPSA) is 49.8 Å². The van der Waals surface area contributed by atoms with Gasteiger partial charge in [-0.25, -0.2) is 4.79 Å². The Morgan fingerprint density at radius 3 is 2.81 bits per heavy atom. The highest BCUT2D eigenvalue weighted by atomic mass is 16.5. The van der Waals surface area contributed by atoms with E-state index < -0.39 is 5.97 Å². The number of benzene rings is 1. The number of rotatable bonds is 7. The van der Waals surface area contributed by atoms with Crippen LogP contribution in [0.2, 0.25) is 0 Å². The third kappa shape index (κ3) is 5.05. The van der Waals surface area contributed by atoms with Crippen molar-refractivity contribution in [3.8, 4) is 5.75 Å². The minimum Gasteiger partial charge on any atom is -0.492 e. The fourth-order valence-corrected chi connectivity index (χ4v) is 2.92. The van der Waals surface area contributed by atoms with Crippen LogP contribution in [0.1, 0.15) is 43.0 Å². The Hall–Kier alpha value is -1.55. The van der Waals surface area contributed by atoms with Gasteiger partial charge in [0.05, 0.1) is 5.56 Å². The van der Waals surface area contributed by atoms with Gasteiger partial charge in [0.15, 0.2) is 0 Å². The first-order valence-corrected chi connectivity index (χ1v) is 7.87. The molecule has 1 fully saturated rings. The van der Waals surface area contributed by atoms with Gasteiger partial charge in [0, 0.05) is 6.54 Å². The number of piperidine rings is 1. The number of hydrogen-bond acceptors (Lipinski definition) is 3. The maximum atomic E-state index is 10.9. The second-order valence-electron chi connectivity index (χ2n) is 5.76. The number of carboxylic acids is 1. The van der Waals surface area contributed by atoms with Gasteiger partial charge in [0.1, 0.15) is 12.4 Å². The summed E-state index contributed by atoms with van der Waals surface area (Å²) >= 11 is 0. The SMILES string of the molecule is CCCC1CCN(CCOc2cccc(C(=O)O)c2)CC1. The van der Waals surface area contributed by atoms with E-state index in [9.17, 15) is 4.79 Å². The summed E-state index contributed by atoms with van der Waals surface area (Å²) in [7, 11) is 0. The molecule has 1 aliphatic rings. The number of nitrogens with zero attached hydrogens (tertiary/aromatic N) is 1. The third-order valence-electron chi connectivity index (χ3n) is 4.16. The van der Waals surface area contributed by atoms with Gasteiger partial charge in [-0.05, 0) is 50.0 Å². The van der Waals surface area contributed by atoms with Crippen molar-refractivity contribution in [1.29, 1.82) is 0 Å². The summed E-state index contributed by atoms with van der Waals surface area (Å²) < 4.78 is 5.67. The number of ether oxygens (including phenoxy) is 1. The second kappa shape index (κ2) is 8.03. The maximum absolute atomic E-state index is 10.9. The van der Waals surface area contributed by atoms with E-state index in [0.717, 1.165) is 25.6 Å². The average Bonchev–Trinajstić information content (AvgIpc) is 2.50. The predicted molar refractivity (Wildman–Crippen MR) is 83.0 cm³/mol. The lowest BCUT2D eigenvalue weighted by molar-refractivity contribution is 0.0696. The van der Waals surface area contributed by atoms with Crippen LogP contribution in [0.5, 0.6) is 5.75 Å². The number of hydrogen-bond donors (Lipinski definition) is 1. The Bertz CT molecular complexity index is 453. The van der Waals surface area contributed by atoms with Crippen LogP contribution in [0.15, 0.2) is 24.3 Å². The summed E-state index contributed by atoms with van der Waals surface area (Å²) in [5.74, 6) is 0.619. The molecule has 21 heavy (non-hydrogen) atoms. The standard InChI is InChI=1S/C17H25NO3/c1-2-4-14-7-9-18(10-8-14)11-12-21-16-6-3-5-15(13-16)17(19)20/h3,5-6,13-14H,2,4,7-12H2,1H3,(H,19,20). The molecule has 4 nitrogen and oxygen atoms in total. The van der Waals surface area contributed by atoms with E-state index in [-0.39, 0.29) is 5.56 Å². The first-order valence-electron chi connectivity index (χ1n) is 7.87. The number of carbonyl (C=O) groups is 1. The van der Waals surface area contributed by atoms with E-state index in [1.54, 1.807) is 24.3 Å². The van der Waals surface area contributed by atoms with Crippen molar-refractivity contribution in [2.45, 2.75) is 32.6 Å². The van der Waals surface area contributed by atoms with Crippen molar-refractivity contribution in [3.05, 3.63) is 29.8 Å². The number of likely N-dealkylation sites (tertiary alicyclic amines) is 1. The fraction of sp³-hybridized carbons (Fsp3) is 0.588. The molecule has 0 aliphatic carbocycles. The zero-order valence-corrected chi connectivity index (χ0v) is 12.8. The number of carboxylic acid groups (broad SMARTS) is 1. The maximum Gasteiger partial charge on any atom is 0.335 e. The lowest BCUT2D eigenvalue weighted by Crippen LogP contribution is -2.36. The third-order valence-corrected chi connectivity index (χ3v) is 4.16. The summed E-state index contributed by atoms with van der Waals surface area (Å²) in [5, 5.41) is 8.94. The molecule has 1 N–H and O–H groups in total. The van der Waals surface area contributed by atoms with Gasteiger partial charge < -0.3 is 9.84 Å². The first-order chi connectivity index (χ1) is 10.2. The summed E-state index contributed by atoms with van der Waals surface area (Å²) in [6, 6.07) is 6.68. The molecule has 2 rings (SSSR count). The van der Waals surface area contributed by atoms with Gasteiger partial charge in [-0.1, -0.05) is 25.8 Å². The van der Waals surface area contributed by atoms with Crippen molar-refractivity contribution in [1.82, 2.24) is 4.90 Å². The lowest BCUT2D eigenvalue weighted by atomic mass is 9.92. The van der Waals surface area contributed by atoms with Gasteiger partial charge in [0.25, 0.3) is 0 Å². The zero-order chi connectivity index (χ0) is 15.1. The van der Waals surface area contributed by atoms with E-state index in [1.807, 2.05) is 0 Å². The minimum atomic E-state index is -0.918. The van der Waals surface area contributed by atoms with Crippen LogP contribution >= 0.6 is 0 Å². The molecule has 1 aromatic carbocycles. The van der Waals surface area contributed by atoms with Crippen molar-refractivity contribution < 1.29 is 14.6 Å². The fourth-order valence-electron chi connectivity index (χ4n) is 2.92. The molecule has 0 amide bonds.